The molecule has 22 heavy (non-hydrogen) atoms. The molecule has 0 unspecified atom stereocenters. The van der Waals surface area contributed by atoms with Gasteiger partial charge in [0.2, 0.25) is 0 Å². The molecule has 0 aliphatic carbocycles. The van der Waals surface area contributed by atoms with Crippen LogP contribution < -0.4 is 4.74 Å². The topological polar surface area (TPSA) is 26.3 Å². The summed E-state index contributed by atoms with van der Waals surface area (Å²) in [4.78, 5) is 11.0. The lowest BCUT2D eigenvalue weighted by Gasteiger charge is -2.03. The molecule has 0 atom stereocenters. The third-order valence-corrected chi connectivity index (χ3v) is 3.20. The molecule has 3 aromatic carbocycles. The summed E-state index contributed by atoms with van der Waals surface area (Å²) in [5, 5.41) is 2.08. The minimum atomic E-state index is -0.315. The fourth-order valence-electron chi connectivity index (χ4n) is 2.20. The van der Waals surface area contributed by atoms with Gasteiger partial charge in [0.15, 0.2) is 0 Å². The lowest BCUT2D eigenvalue weighted by Crippen LogP contribution is -2.00. The molecule has 3 aromatic rings. The second-order valence-electron chi connectivity index (χ2n) is 4.93. The first-order valence-electron chi connectivity index (χ1n) is 7.00. The van der Waals surface area contributed by atoms with E-state index in [4.69, 9.17) is 4.74 Å². The van der Waals surface area contributed by atoms with Crippen LogP contribution in [0, 0.1) is 11.8 Å². The van der Waals surface area contributed by atoms with E-state index in [9.17, 15) is 4.79 Å². The summed E-state index contributed by atoms with van der Waals surface area (Å²) in [5.41, 5.74) is 1.95. The van der Waals surface area contributed by atoms with E-state index in [2.05, 4.69) is 11.8 Å². The van der Waals surface area contributed by atoms with Crippen LogP contribution in [0.4, 0.5) is 0 Å². The molecule has 0 radical (unpaired) electrons. The van der Waals surface area contributed by atoms with Crippen LogP contribution in [0.3, 0.4) is 0 Å². The van der Waals surface area contributed by atoms with Crippen LogP contribution >= 0.6 is 0 Å². The maximum absolute atomic E-state index is 11.0. The van der Waals surface area contributed by atoms with Crippen molar-refractivity contribution in [2.75, 3.05) is 0 Å². The van der Waals surface area contributed by atoms with Crippen molar-refractivity contribution in [2.45, 2.75) is 6.92 Å². The summed E-state index contributed by atoms with van der Waals surface area (Å²) in [7, 11) is 0. The summed E-state index contributed by atoms with van der Waals surface area (Å²) in [5.74, 6) is 6.55. The Morgan fingerprint density at radius 3 is 2.27 bits per heavy atom. The molecule has 0 aromatic heterocycles. The number of esters is 1. The molecule has 0 N–H and O–H groups in total. The average Bonchev–Trinajstić information content (AvgIpc) is 2.53. The van der Waals surface area contributed by atoms with Crippen LogP contribution in [0.5, 0.6) is 5.75 Å². The van der Waals surface area contributed by atoms with E-state index in [1.165, 1.54) is 6.92 Å². The van der Waals surface area contributed by atoms with E-state index >= 15 is 0 Å². The zero-order valence-electron chi connectivity index (χ0n) is 12.2. The van der Waals surface area contributed by atoms with Gasteiger partial charge in [-0.2, -0.15) is 0 Å². The normalized spacial score (nSPS) is 9.86. The Morgan fingerprint density at radius 1 is 0.818 bits per heavy atom. The SMILES string of the molecule is CC(=O)Oc1ccc2cc(C#Cc3ccccc3)ccc2c1. The van der Waals surface area contributed by atoms with Crippen molar-refractivity contribution in [3.8, 4) is 17.6 Å². The highest BCUT2D eigenvalue weighted by atomic mass is 16.5. The van der Waals surface area contributed by atoms with Crippen LogP contribution in [0.1, 0.15) is 18.1 Å². The zero-order valence-corrected chi connectivity index (χ0v) is 12.2. The molecule has 0 saturated heterocycles. The van der Waals surface area contributed by atoms with E-state index < -0.39 is 0 Å². The molecule has 2 heteroatoms. The molecule has 106 valence electrons. The summed E-state index contributed by atoms with van der Waals surface area (Å²) in [6.07, 6.45) is 0. The third-order valence-electron chi connectivity index (χ3n) is 3.20. The molecule has 0 aliphatic rings. The number of rotatable bonds is 1. The van der Waals surface area contributed by atoms with E-state index in [-0.39, 0.29) is 5.97 Å². The van der Waals surface area contributed by atoms with Gasteiger partial charge in [0, 0.05) is 18.1 Å². The van der Waals surface area contributed by atoms with Gasteiger partial charge in [-0.25, -0.2) is 0 Å². The number of fused-ring (bicyclic) bond motifs is 1. The van der Waals surface area contributed by atoms with Crippen molar-refractivity contribution >= 4 is 16.7 Å². The maximum atomic E-state index is 11.0. The van der Waals surface area contributed by atoms with Crippen molar-refractivity contribution in [3.63, 3.8) is 0 Å². The standard InChI is InChI=1S/C20H14O2/c1-15(21)22-20-12-11-18-13-17(9-10-19(18)14-20)8-7-16-5-3-2-4-6-16/h2-6,9-14H,1H3. The summed E-state index contributed by atoms with van der Waals surface area (Å²) >= 11 is 0. The molecule has 0 spiro atoms. The molecule has 2 nitrogen and oxygen atoms in total. The first kappa shape index (κ1) is 13.9. The van der Waals surface area contributed by atoms with E-state index in [1.807, 2.05) is 60.7 Å². The van der Waals surface area contributed by atoms with Crippen molar-refractivity contribution < 1.29 is 9.53 Å². The number of hydrogen-bond acceptors (Lipinski definition) is 2. The maximum Gasteiger partial charge on any atom is 0.308 e. The number of hydrogen-bond donors (Lipinski definition) is 0. The molecular weight excluding hydrogens is 272 g/mol. The highest BCUT2D eigenvalue weighted by molar-refractivity contribution is 5.86. The predicted molar refractivity (Wildman–Crippen MR) is 87.7 cm³/mol. The van der Waals surface area contributed by atoms with E-state index in [0.717, 1.165) is 21.9 Å². The third kappa shape index (κ3) is 3.34. The van der Waals surface area contributed by atoms with Crippen molar-refractivity contribution in [1.29, 1.82) is 0 Å². The summed E-state index contributed by atoms with van der Waals surface area (Å²) in [6.45, 7) is 1.40. The number of ether oxygens (including phenoxy) is 1. The first-order chi connectivity index (χ1) is 10.7. The lowest BCUT2D eigenvalue weighted by atomic mass is 10.1. The number of benzene rings is 3. The zero-order chi connectivity index (χ0) is 15.4. The van der Waals surface area contributed by atoms with Gasteiger partial charge in [0.05, 0.1) is 0 Å². The molecule has 0 aliphatic heterocycles. The Labute approximate surface area is 129 Å². The molecule has 0 bridgehead atoms. The van der Waals surface area contributed by atoms with Crippen LogP contribution in [0.15, 0.2) is 66.7 Å². The fraction of sp³-hybridized carbons (Fsp3) is 0.0500. The minimum Gasteiger partial charge on any atom is -0.427 e. The molecule has 0 amide bonds. The van der Waals surface area contributed by atoms with Gasteiger partial charge in [-0.1, -0.05) is 42.2 Å². The molecule has 0 saturated carbocycles. The highest BCUT2D eigenvalue weighted by Crippen LogP contribution is 2.22. The lowest BCUT2D eigenvalue weighted by molar-refractivity contribution is -0.131. The van der Waals surface area contributed by atoms with Crippen molar-refractivity contribution in [1.82, 2.24) is 0 Å². The fourth-order valence-corrected chi connectivity index (χ4v) is 2.20. The van der Waals surface area contributed by atoms with Crippen LogP contribution in [0.25, 0.3) is 10.8 Å². The van der Waals surface area contributed by atoms with Gasteiger partial charge < -0.3 is 4.74 Å². The van der Waals surface area contributed by atoms with Crippen LogP contribution in [-0.2, 0) is 4.79 Å². The highest BCUT2D eigenvalue weighted by Gasteiger charge is 2.00. The quantitative estimate of drug-likeness (QED) is 0.381. The Kier molecular flexibility index (Phi) is 3.89. The average molecular weight is 286 g/mol. The Balaban J connectivity index is 1.91. The Morgan fingerprint density at radius 2 is 1.50 bits per heavy atom. The molecular formula is C20H14O2. The van der Waals surface area contributed by atoms with E-state index in [1.54, 1.807) is 6.07 Å². The second-order valence-corrected chi connectivity index (χ2v) is 4.93. The Hall–Kier alpha value is -3.05. The van der Waals surface area contributed by atoms with Gasteiger partial charge in [-0.3, -0.25) is 4.79 Å². The van der Waals surface area contributed by atoms with Gasteiger partial charge in [-0.05, 0) is 47.2 Å². The predicted octanol–water partition coefficient (Wildman–Crippen LogP) is 4.16. The van der Waals surface area contributed by atoms with E-state index in [0.29, 0.717) is 5.75 Å². The van der Waals surface area contributed by atoms with Gasteiger partial charge >= 0.3 is 5.97 Å². The number of carbonyl (C=O) groups excluding carboxylic acids is 1. The molecule has 0 heterocycles. The van der Waals surface area contributed by atoms with Crippen molar-refractivity contribution in [2.24, 2.45) is 0 Å². The van der Waals surface area contributed by atoms with Gasteiger partial charge in [0.25, 0.3) is 0 Å². The molecule has 0 fully saturated rings. The summed E-state index contributed by atoms with van der Waals surface area (Å²) in [6, 6.07) is 21.4. The van der Waals surface area contributed by atoms with Crippen molar-refractivity contribution in [3.05, 3.63) is 77.9 Å². The Bertz CT molecular complexity index is 884. The smallest absolute Gasteiger partial charge is 0.308 e. The second kappa shape index (κ2) is 6.15. The van der Waals surface area contributed by atoms with Gasteiger partial charge in [-0.15, -0.1) is 0 Å². The van der Waals surface area contributed by atoms with Gasteiger partial charge in [0.1, 0.15) is 5.75 Å². The molecule has 3 rings (SSSR count). The van der Waals surface area contributed by atoms with Crippen LogP contribution in [-0.4, -0.2) is 5.97 Å². The summed E-state index contributed by atoms with van der Waals surface area (Å²) < 4.78 is 5.09. The largest absolute Gasteiger partial charge is 0.427 e. The monoisotopic (exact) mass is 286 g/mol. The number of carbonyl (C=O) groups is 1. The minimum absolute atomic E-state index is 0.315. The first-order valence-corrected chi connectivity index (χ1v) is 7.00. The van der Waals surface area contributed by atoms with Crippen LogP contribution in [0.2, 0.25) is 0 Å².